The minimum Gasteiger partial charge on any atom is -0.478 e. The van der Waals surface area contributed by atoms with Crippen molar-refractivity contribution in [3.05, 3.63) is 94.1 Å². The first-order chi connectivity index (χ1) is 17.5. The van der Waals surface area contributed by atoms with Crippen molar-refractivity contribution in [2.24, 2.45) is 0 Å². The number of nitrogens with zero attached hydrogens (tertiary/aromatic N) is 1. The van der Waals surface area contributed by atoms with Gasteiger partial charge in [0.2, 0.25) is 0 Å². The molecule has 0 bridgehead atoms. The Morgan fingerprint density at radius 3 is 2.38 bits per heavy atom. The maximum Gasteiger partial charge on any atom is 0.573 e. The zero-order valence-corrected chi connectivity index (χ0v) is 20.6. The molecule has 1 aliphatic rings. The zero-order chi connectivity index (χ0) is 26.5. The molecule has 0 amide bonds. The second kappa shape index (κ2) is 9.11. The van der Waals surface area contributed by atoms with Crippen LogP contribution in [-0.2, 0) is 16.4 Å². The number of rotatable bonds is 7. The van der Waals surface area contributed by atoms with Gasteiger partial charge < -0.3 is 9.84 Å². The molecule has 4 aromatic rings. The van der Waals surface area contributed by atoms with Gasteiger partial charge in [0.15, 0.2) is 0 Å². The van der Waals surface area contributed by atoms with Gasteiger partial charge in [-0.2, -0.15) is 0 Å². The van der Waals surface area contributed by atoms with Crippen molar-refractivity contribution in [3.63, 3.8) is 0 Å². The van der Waals surface area contributed by atoms with Gasteiger partial charge >= 0.3 is 12.3 Å². The highest BCUT2D eigenvalue weighted by atomic mass is 35.5. The van der Waals surface area contributed by atoms with Crippen molar-refractivity contribution in [1.29, 1.82) is 0 Å². The number of carboxylic acid groups (broad SMARTS) is 1. The highest BCUT2D eigenvalue weighted by Crippen LogP contribution is 2.45. The summed E-state index contributed by atoms with van der Waals surface area (Å²) >= 11 is 6.53. The highest BCUT2D eigenvalue weighted by molar-refractivity contribution is 7.90. The van der Waals surface area contributed by atoms with Crippen LogP contribution < -0.4 is 4.74 Å². The average molecular weight is 550 g/mol. The van der Waals surface area contributed by atoms with E-state index in [-0.39, 0.29) is 39.0 Å². The van der Waals surface area contributed by atoms with E-state index < -0.39 is 28.1 Å². The largest absolute Gasteiger partial charge is 0.573 e. The lowest BCUT2D eigenvalue weighted by atomic mass is 9.96. The van der Waals surface area contributed by atoms with Crippen LogP contribution in [0.5, 0.6) is 5.75 Å². The van der Waals surface area contributed by atoms with Crippen LogP contribution >= 0.6 is 11.6 Å². The summed E-state index contributed by atoms with van der Waals surface area (Å²) in [5.74, 6) is -1.62. The number of halogens is 4. The molecule has 37 heavy (non-hydrogen) atoms. The molecule has 6 nitrogen and oxygen atoms in total. The minimum atomic E-state index is -4.96. The fraction of sp³-hybridized carbons (Fsp3) is 0.192. The van der Waals surface area contributed by atoms with E-state index in [1.807, 2.05) is 0 Å². The third-order valence-corrected chi connectivity index (χ3v) is 8.42. The van der Waals surface area contributed by atoms with Crippen LogP contribution in [0.2, 0.25) is 5.02 Å². The van der Waals surface area contributed by atoms with Gasteiger partial charge in [-0.1, -0.05) is 35.9 Å². The van der Waals surface area contributed by atoms with E-state index in [4.69, 9.17) is 11.6 Å². The fourth-order valence-corrected chi connectivity index (χ4v) is 6.33. The maximum atomic E-state index is 13.8. The molecule has 0 spiro atoms. The summed E-state index contributed by atoms with van der Waals surface area (Å²) < 4.78 is 71.3. The minimum absolute atomic E-state index is 0.00640. The zero-order valence-electron chi connectivity index (χ0n) is 19.0. The molecule has 0 aliphatic heterocycles. The number of hydrogen-bond donors (Lipinski definition) is 1. The number of ether oxygens (including phenoxy) is 1. The molecule has 0 saturated heterocycles. The lowest BCUT2D eigenvalue weighted by Crippen LogP contribution is -2.18. The van der Waals surface area contributed by atoms with Crippen LogP contribution in [0, 0.1) is 0 Å². The third kappa shape index (κ3) is 4.91. The lowest BCUT2D eigenvalue weighted by Gasteiger charge is -2.16. The Morgan fingerprint density at radius 2 is 1.76 bits per heavy atom. The molecule has 1 aromatic heterocycles. The van der Waals surface area contributed by atoms with Gasteiger partial charge in [0.1, 0.15) is 5.75 Å². The molecule has 5 rings (SSSR count). The summed E-state index contributed by atoms with van der Waals surface area (Å²) in [7, 11) is -4.27. The SMILES string of the molecule is O=C(O)c1ccc(C2CC2)c(Cc2cc3ccc(OC(F)(F)F)cc3n2S(=O)(=O)c2ccccc2)c1Cl. The Balaban J connectivity index is 1.74. The van der Waals surface area contributed by atoms with E-state index in [1.165, 1.54) is 36.4 Å². The van der Waals surface area contributed by atoms with Crippen molar-refractivity contribution >= 4 is 38.5 Å². The summed E-state index contributed by atoms with van der Waals surface area (Å²) in [5, 5.41) is 9.95. The van der Waals surface area contributed by atoms with Gasteiger partial charge in [-0.05, 0) is 66.3 Å². The van der Waals surface area contributed by atoms with Gasteiger partial charge in [-0.25, -0.2) is 17.2 Å². The van der Waals surface area contributed by atoms with Crippen molar-refractivity contribution < 1.29 is 36.2 Å². The van der Waals surface area contributed by atoms with Gasteiger partial charge in [0.05, 0.1) is 21.0 Å². The number of carbonyl (C=O) groups is 1. The van der Waals surface area contributed by atoms with Crippen LogP contribution in [0.15, 0.2) is 71.6 Å². The number of alkyl halides is 3. The summed E-state index contributed by atoms with van der Waals surface area (Å²) in [6.07, 6.45) is -3.24. The van der Waals surface area contributed by atoms with E-state index in [2.05, 4.69) is 4.74 Å². The Labute approximate surface area is 214 Å². The van der Waals surface area contributed by atoms with Crippen LogP contribution in [0.25, 0.3) is 10.9 Å². The van der Waals surface area contributed by atoms with Crippen LogP contribution in [0.4, 0.5) is 13.2 Å². The topological polar surface area (TPSA) is 85.6 Å². The normalized spacial score (nSPS) is 14.2. The van der Waals surface area contributed by atoms with E-state index in [0.29, 0.717) is 10.9 Å². The smallest absolute Gasteiger partial charge is 0.478 e. The fourth-order valence-electron chi connectivity index (χ4n) is 4.45. The van der Waals surface area contributed by atoms with Crippen LogP contribution in [0.1, 0.15) is 45.9 Å². The van der Waals surface area contributed by atoms with Gasteiger partial charge in [0, 0.05) is 23.6 Å². The molecule has 0 atom stereocenters. The van der Waals surface area contributed by atoms with Gasteiger partial charge in [-0.3, -0.25) is 0 Å². The lowest BCUT2D eigenvalue weighted by molar-refractivity contribution is -0.274. The number of aromatic carboxylic acids is 1. The first-order valence-electron chi connectivity index (χ1n) is 11.2. The van der Waals surface area contributed by atoms with Gasteiger partial charge in [0.25, 0.3) is 10.0 Å². The standard InChI is InChI=1S/C26H19ClF3NO5S/c27-24-21(25(32)33)11-10-20(15-6-7-15)22(24)13-17-12-16-8-9-18(36-26(28,29)30)14-23(16)31(17)37(34,35)19-4-2-1-3-5-19/h1-5,8-12,14-15H,6-7,13H2,(H,32,33). The second-order valence-corrected chi connectivity index (χ2v) is 10.9. The second-order valence-electron chi connectivity index (χ2n) is 8.74. The number of fused-ring (bicyclic) bond motifs is 1. The highest BCUT2D eigenvalue weighted by Gasteiger charge is 2.33. The molecule has 0 unspecified atom stereocenters. The molecule has 1 N–H and O–H groups in total. The molecule has 0 radical (unpaired) electrons. The molecule has 1 saturated carbocycles. The number of benzene rings is 3. The molecule has 192 valence electrons. The van der Waals surface area contributed by atoms with Crippen LogP contribution in [0.3, 0.4) is 0 Å². The molecular formula is C26H19ClF3NO5S. The van der Waals surface area contributed by atoms with Crippen molar-refractivity contribution in [2.75, 3.05) is 0 Å². The Morgan fingerprint density at radius 1 is 1.05 bits per heavy atom. The quantitative estimate of drug-likeness (QED) is 0.281. The van der Waals surface area contributed by atoms with Crippen molar-refractivity contribution in [2.45, 2.75) is 36.4 Å². The van der Waals surface area contributed by atoms with Crippen molar-refractivity contribution in [1.82, 2.24) is 3.97 Å². The molecule has 3 aromatic carbocycles. The maximum absolute atomic E-state index is 13.8. The first-order valence-corrected chi connectivity index (χ1v) is 13.0. The summed E-state index contributed by atoms with van der Waals surface area (Å²) in [5.41, 5.74) is 1.39. The van der Waals surface area contributed by atoms with E-state index in [0.717, 1.165) is 34.5 Å². The average Bonchev–Trinajstić information content (AvgIpc) is 3.60. The molecule has 11 heteroatoms. The van der Waals surface area contributed by atoms with E-state index in [9.17, 15) is 31.5 Å². The Kier molecular flexibility index (Phi) is 6.19. The molecule has 1 fully saturated rings. The number of hydrogen-bond acceptors (Lipinski definition) is 4. The predicted molar refractivity (Wildman–Crippen MR) is 131 cm³/mol. The van der Waals surface area contributed by atoms with E-state index in [1.54, 1.807) is 18.2 Å². The van der Waals surface area contributed by atoms with Crippen molar-refractivity contribution in [3.8, 4) is 5.75 Å². The molecule has 1 heterocycles. The number of carboxylic acids is 1. The molecular weight excluding hydrogens is 531 g/mol. The predicted octanol–water partition coefficient (Wildman–Crippen LogP) is 6.60. The Bertz CT molecular complexity index is 1630. The summed E-state index contributed by atoms with van der Waals surface area (Å²) in [6, 6.07) is 15.6. The summed E-state index contributed by atoms with van der Waals surface area (Å²) in [6.45, 7) is 0. The molecule has 1 aliphatic carbocycles. The third-order valence-electron chi connectivity index (χ3n) is 6.20. The first kappa shape index (κ1) is 25.2. The Hall–Kier alpha value is -3.50. The number of aromatic nitrogens is 1. The van der Waals surface area contributed by atoms with Crippen LogP contribution in [-0.4, -0.2) is 29.8 Å². The monoisotopic (exact) mass is 549 g/mol. The van der Waals surface area contributed by atoms with E-state index >= 15 is 0 Å². The van der Waals surface area contributed by atoms with Gasteiger partial charge in [-0.15, -0.1) is 13.2 Å². The summed E-state index contributed by atoms with van der Waals surface area (Å²) in [4.78, 5) is 11.7.